The lowest BCUT2D eigenvalue weighted by atomic mass is 9.89. The molecule has 3 rings (SSSR count). The first-order valence-electron chi connectivity index (χ1n) is 7.12. The molecule has 3 N–H and O–H groups in total. The average molecular weight is 286 g/mol. The molecule has 1 heterocycles. The number of nitrogens with one attached hydrogen (secondary N) is 1. The minimum absolute atomic E-state index is 0.162. The molecular formula is C17H19FN2O. The molecule has 0 saturated carbocycles. The van der Waals surface area contributed by atoms with Crippen molar-refractivity contribution < 1.29 is 9.13 Å². The molecule has 4 heteroatoms. The van der Waals surface area contributed by atoms with Gasteiger partial charge in [0.25, 0.3) is 0 Å². The van der Waals surface area contributed by atoms with E-state index in [4.69, 9.17) is 10.6 Å². The van der Waals surface area contributed by atoms with Crippen molar-refractivity contribution in [2.75, 3.05) is 6.61 Å². The molecule has 0 spiro atoms. The topological polar surface area (TPSA) is 47.3 Å². The van der Waals surface area contributed by atoms with Crippen LogP contribution in [0.2, 0.25) is 0 Å². The van der Waals surface area contributed by atoms with E-state index in [0.29, 0.717) is 12.2 Å². The van der Waals surface area contributed by atoms with E-state index in [9.17, 15) is 4.39 Å². The zero-order valence-electron chi connectivity index (χ0n) is 12.0. The van der Waals surface area contributed by atoms with Gasteiger partial charge in [-0.1, -0.05) is 36.4 Å². The fourth-order valence-corrected chi connectivity index (χ4v) is 2.92. The molecular weight excluding hydrogens is 267 g/mol. The molecule has 110 valence electrons. The number of rotatable bonds is 3. The van der Waals surface area contributed by atoms with Crippen molar-refractivity contribution in [2.45, 2.75) is 25.5 Å². The van der Waals surface area contributed by atoms with Crippen LogP contribution in [0.5, 0.6) is 0 Å². The Morgan fingerprint density at radius 1 is 1.29 bits per heavy atom. The largest absolute Gasteiger partial charge is 0.371 e. The van der Waals surface area contributed by atoms with Crippen LogP contribution in [0.25, 0.3) is 0 Å². The Labute approximate surface area is 123 Å². The van der Waals surface area contributed by atoms with E-state index in [2.05, 4.69) is 17.6 Å². The Bertz CT molecular complexity index is 644. The van der Waals surface area contributed by atoms with Crippen molar-refractivity contribution >= 4 is 0 Å². The van der Waals surface area contributed by atoms with E-state index in [0.717, 1.165) is 17.5 Å². The van der Waals surface area contributed by atoms with Crippen LogP contribution in [0, 0.1) is 12.7 Å². The summed E-state index contributed by atoms with van der Waals surface area (Å²) in [6.07, 6.45) is 0.747. The Morgan fingerprint density at radius 3 is 2.86 bits per heavy atom. The number of nitrogens with two attached hydrogens (primary N) is 1. The van der Waals surface area contributed by atoms with E-state index < -0.39 is 0 Å². The Morgan fingerprint density at radius 2 is 2.10 bits per heavy atom. The van der Waals surface area contributed by atoms with Crippen molar-refractivity contribution in [3.8, 4) is 0 Å². The van der Waals surface area contributed by atoms with Gasteiger partial charge in [-0.05, 0) is 41.7 Å². The van der Waals surface area contributed by atoms with Crippen LogP contribution in [0.1, 0.15) is 34.4 Å². The van der Waals surface area contributed by atoms with Gasteiger partial charge in [-0.15, -0.1) is 0 Å². The van der Waals surface area contributed by atoms with E-state index in [1.165, 1.54) is 11.6 Å². The van der Waals surface area contributed by atoms with E-state index in [1.54, 1.807) is 13.0 Å². The van der Waals surface area contributed by atoms with Gasteiger partial charge in [0, 0.05) is 0 Å². The zero-order chi connectivity index (χ0) is 14.8. The first-order valence-corrected chi connectivity index (χ1v) is 7.12. The summed E-state index contributed by atoms with van der Waals surface area (Å²) >= 11 is 0. The monoisotopic (exact) mass is 286 g/mol. The van der Waals surface area contributed by atoms with Crippen LogP contribution in [0.4, 0.5) is 4.39 Å². The summed E-state index contributed by atoms with van der Waals surface area (Å²) in [5.74, 6) is 5.55. The molecule has 1 aliphatic rings. The lowest BCUT2D eigenvalue weighted by molar-refractivity contribution is 0.0147. The van der Waals surface area contributed by atoms with Gasteiger partial charge >= 0.3 is 0 Å². The number of hydrogen-bond donors (Lipinski definition) is 2. The number of benzene rings is 2. The molecule has 0 amide bonds. The van der Waals surface area contributed by atoms with Crippen LogP contribution in [-0.4, -0.2) is 6.61 Å². The second-order valence-corrected chi connectivity index (χ2v) is 5.39. The zero-order valence-corrected chi connectivity index (χ0v) is 12.0. The second-order valence-electron chi connectivity index (χ2n) is 5.39. The number of halogens is 1. The molecule has 3 nitrogen and oxygen atoms in total. The molecule has 0 fully saturated rings. The quantitative estimate of drug-likeness (QED) is 0.673. The van der Waals surface area contributed by atoms with Gasteiger partial charge < -0.3 is 4.74 Å². The summed E-state index contributed by atoms with van der Waals surface area (Å²) in [5.41, 5.74) is 6.80. The molecule has 0 radical (unpaired) electrons. The molecule has 0 aliphatic carbocycles. The molecule has 1 aliphatic heterocycles. The van der Waals surface area contributed by atoms with Crippen molar-refractivity contribution in [2.24, 2.45) is 5.84 Å². The van der Waals surface area contributed by atoms with Gasteiger partial charge in [-0.3, -0.25) is 11.3 Å². The van der Waals surface area contributed by atoms with Gasteiger partial charge in [0.2, 0.25) is 0 Å². The highest BCUT2D eigenvalue weighted by Gasteiger charge is 2.29. The maximum atomic E-state index is 13.5. The predicted molar refractivity (Wildman–Crippen MR) is 80.0 cm³/mol. The first-order chi connectivity index (χ1) is 10.2. The summed E-state index contributed by atoms with van der Waals surface area (Å²) in [6.45, 7) is 2.42. The fourth-order valence-electron chi connectivity index (χ4n) is 2.92. The summed E-state index contributed by atoms with van der Waals surface area (Å²) in [4.78, 5) is 0. The molecule has 21 heavy (non-hydrogen) atoms. The number of hydrazine groups is 1. The predicted octanol–water partition coefficient (Wildman–Crippen LogP) is 2.95. The second kappa shape index (κ2) is 5.93. The van der Waals surface area contributed by atoms with E-state index in [-0.39, 0.29) is 18.0 Å². The average Bonchev–Trinajstić information content (AvgIpc) is 2.52. The molecule has 2 aromatic carbocycles. The summed E-state index contributed by atoms with van der Waals surface area (Å²) in [6, 6.07) is 13.1. The highest BCUT2D eigenvalue weighted by atomic mass is 19.1. The summed E-state index contributed by atoms with van der Waals surface area (Å²) in [7, 11) is 0. The fraction of sp³-hybridized carbons (Fsp3) is 0.294. The first kappa shape index (κ1) is 14.2. The molecule has 2 atom stereocenters. The van der Waals surface area contributed by atoms with Crippen LogP contribution >= 0.6 is 0 Å². The summed E-state index contributed by atoms with van der Waals surface area (Å²) < 4.78 is 19.4. The lowest BCUT2D eigenvalue weighted by Crippen LogP contribution is -2.35. The number of hydrogen-bond acceptors (Lipinski definition) is 3. The van der Waals surface area contributed by atoms with Crippen LogP contribution < -0.4 is 11.3 Å². The third-order valence-electron chi connectivity index (χ3n) is 4.05. The molecule has 0 bridgehead atoms. The SMILES string of the molecule is Cc1cc(C(NN)C2OCCc3ccccc32)ccc1F. The van der Waals surface area contributed by atoms with E-state index in [1.807, 2.05) is 18.2 Å². The van der Waals surface area contributed by atoms with Gasteiger partial charge in [0.05, 0.1) is 12.6 Å². The Balaban J connectivity index is 1.99. The van der Waals surface area contributed by atoms with Crippen molar-refractivity contribution in [3.63, 3.8) is 0 Å². The van der Waals surface area contributed by atoms with Crippen LogP contribution in [-0.2, 0) is 11.2 Å². The third kappa shape index (κ3) is 2.70. The standard InChI is InChI=1S/C17H19FN2O/c1-11-10-13(6-7-15(11)18)16(20-19)17-14-5-3-2-4-12(14)8-9-21-17/h2-7,10,16-17,20H,8-9,19H2,1H3. The van der Waals surface area contributed by atoms with Crippen LogP contribution in [0.15, 0.2) is 42.5 Å². The highest BCUT2D eigenvalue weighted by Crippen LogP contribution is 2.36. The summed E-state index contributed by atoms with van der Waals surface area (Å²) in [5, 5.41) is 0. The number of fused-ring (bicyclic) bond motifs is 1. The van der Waals surface area contributed by atoms with Gasteiger partial charge in [-0.2, -0.15) is 0 Å². The maximum absolute atomic E-state index is 13.5. The highest BCUT2D eigenvalue weighted by molar-refractivity contribution is 5.35. The molecule has 0 aromatic heterocycles. The smallest absolute Gasteiger partial charge is 0.126 e. The minimum Gasteiger partial charge on any atom is -0.371 e. The van der Waals surface area contributed by atoms with Crippen LogP contribution in [0.3, 0.4) is 0 Å². The normalized spacial score (nSPS) is 19.1. The molecule has 2 aromatic rings. The Kier molecular flexibility index (Phi) is 4.01. The maximum Gasteiger partial charge on any atom is 0.126 e. The van der Waals surface area contributed by atoms with Gasteiger partial charge in [0.15, 0.2) is 0 Å². The van der Waals surface area contributed by atoms with Gasteiger partial charge in [-0.25, -0.2) is 4.39 Å². The molecule has 0 saturated heterocycles. The van der Waals surface area contributed by atoms with Gasteiger partial charge in [0.1, 0.15) is 11.9 Å². The van der Waals surface area contributed by atoms with Crippen molar-refractivity contribution in [3.05, 3.63) is 70.5 Å². The number of ether oxygens (including phenoxy) is 1. The van der Waals surface area contributed by atoms with Crippen molar-refractivity contribution in [1.29, 1.82) is 0 Å². The lowest BCUT2D eigenvalue weighted by Gasteiger charge is -2.32. The minimum atomic E-state index is -0.209. The third-order valence-corrected chi connectivity index (χ3v) is 4.05. The Hall–Kier alpha value is -1.75. The van der Waals surface area contributed by atoms with E-state index >= 15 is 0 Å². The van der Waals surface area contributed by atoms with Crippen molar-refractivity contribution in [1.82, 2.24) is 5.43 Å². The molecule has 2 unspecified atom stereocenters. The number of aryl methyl sites for hydroxylation is 1.